The Kier molecular flexibility index (Phi) is 6.26. The standard InChI is InChI=1S/C16H15ClN4O3S/c1-10(11-6-7-14(17)15(8-11)21(22)23)19-20-16(25)18-12-4-3-5-13(9-12)24-2/h3-9H,1-2H3,(H2,18,20,25)/b19-10+. The van der Waals surface area contributed by atoms with Crippen LogP contribution in [-0.2, 0) is 0 Å². The lowest BCUT2D eigenvalue weighted by Gasteiger charge is -2.09. The van der Waals surface area contributed by atoms with Crippen LogP contribution >= 0.6 is 23.8 Å². The molecule has 2 N–H and O–H groups in total. The van der Waals surface area contributed by atoms with Gasteiger partial charge in [-0.3, -0.25) is 15.5 Å². The average molecular weight is 379 g/mol. The average Bonchev–Trinajstić information content (AvgIpc) is 2.60. The van der Waals surface area contributed by atoms with Crippen LogP contribution in [0.4, 0.5) is 11.4 Å². The molecular weight excluding hydrogens is 364 g/mol. The highest BCUT2D eigenvalue weighted by molar-refractivity contribution is 7.80. The topological polar surface area (TPSA) is 88.8 Å². The van der Waals surface area contributed by atoms with Gasteiger partial charge in [0.2, 0.25) is 0 Å². The summed E-state index contributed by atoms with van der Waals surface area (Å²) in [6, 6.07) is 11.7. The monoisotopic (exact) mass is 378 g/mol. The number of thiocarbonyl (C=S) groups is 1. The third-order valence-corrected chi connectivity index (χ3v) is 3.73. The second kappa shape index (κ2) is 8.41. The quantitative estimate of drug-likeness (QED) is 0.354. The highest BCUT2D eigenvalue weighted by atomic mass is 35.5. The molecule has 0 saturated heterocycles. The number of nitrogens with one attached hydrogen (secondary N) is 2. The molecule has 0 amide bonds. The van der Waals surface area contributed by atoms with Gasteiger partial charge in [0.25, 0.3) is 5.69 Å². The lowest BCUT2D eigenvalue weighted by atomic mass is 10.1. The first-order valence-corrected chi connectivity index (χ1v) is 7.89. The van der Waals surface area contributed by atoms with E-state index >= 15 is 0 Å². The number of benzene rings is 2. The molecular formula is C16H15ClN4O3S. The van der Waals surface area contributed by atoms with Crippen molar-refractivity contribution in [3.63, 3.8) is 0 Å². The number of anilines is 1. The van der Waals surface area contributed by atoms with Crippen molar-refractivity contribution in [2.75, 3.05) is 12.4 Å². The van der Waals surface area contributed by atoms with Crippen molar-refractivity contribution < 1.29 is 9.66 Å². The van der Waals surface area contributed by atoms with E-state index in [4.69, 9.17) is 28.6 Å². The zero-order valence-electron chi connectivity index (χ0n) is 13.4. The van der Waals surface area contributed by atoms with Gasteiger partial charge in [0.05, 0.1) is 17.7 Å². The molecule has 2 aromatic carbocycles. The number of nitro benzene ring substituents is 1. The molecule has 0 fully saturated rings. The first kappa shape index (κ1) is 18.6. The van der Waals surface area contributed by atoms with E-state index < -0.39 is 4.92 Å². The molecule has 0 radical (unpaired) electrons. The summed E-state index contributed by atoms with van der Waals surface area (Å²) in [6.07, 6.45) is 0. The minimum absolute atomic E-state index is 0.0738. The molecule has 2 rings (SSSR count). The Balaban J connectivity index is 2.06. The van der Waals surface area contributed by atoms with Gasteiger partial charge in [0.15, 0.2) is 5.11 Å². The Bertz CT molecular complexity index is 842. The Morgan fingerprint density at radius 2 is 2.08 bits per heavy atom. The molecule has 0 saturated carbocycles. The first-order chi connectivity index (χ1) is 11.9. The molecule has 0 spiro atoms. The highest BCUT2D eigenvalue weighted by Crippen LogP contribution is 2.25. The highest BCUT2D eigenvalue weighted by Gasteiger charge is 2.13. The predicted octanol–water partition coefficient (Wildman–Crippen LogP) is 3.97. The molecule has 0 heterocycles. The normalized spacial score (nSPS) is 10.9. The molecule has 0 bridgehead atoms. The van der Waals surface area contributed by atoms with Crippen molar-refractivity contribution in [3.05, 3.63) is 63.2 Å². The lowest BCUT2D eigenvalue weighted by molar-refractivity contribution is -0.384. The zero-order valence-corrected chi connectivity index (χ0v) is 15.0. The van der Waals surface area contributed by atoms with Crippen molar-refractivity contribution in [2.45, 2.75) is 6.92 Å². The van der Waals surface area contributed by atoms with Crippen LogP contribution in [0.3, 0.4) is 0 Å². The number of hydrazone groups is 1. The van der Waals surface area contributed by atoms with E-state index in [0.717, 1.165) is 5.69 Å². The number of ether oxygens (including phenoxy) is 1. The molecule has 0 unspecified atom stereocenters. The Labute approximate surface area is 154 Å². The largest absolute Gasteiger partial charge is 0.497 e. The van der Waals surface area contributed by atoms with E-state index in [9.17, 15) is 10.1 Å². The third-order valence-electron chi connectivity index (χ3n) is 3.21. The van der Waals surface area contributed by atoms with Crippen LogP contribution in [0.1, 0.15) is 12.5 Å². The predicted molar refractivity (Wildman–Crippen MR) is 103 cm³/mol. The SMILES string of the molecule is COc1cccc(NC(=S)N/N=C(\C)c2ccc(Cl)c([N+](=O)[O-])c2)c1. The van der Waals surface area contributed by atoms with Crippen LogP contribution in [0.5, 0.6) is 5.75 Å². The van der Waals surface area contributed by atoms with Crippen LogP contribution < -0.4 is 15.5 Å². The number of hydrogen-bond acceptors (Lipinski definition) is 5. The van der Waals surface area contributed by atoms with Crippen molar-refractivity contribution >= 4 is 46.0 Å². The Hall–Kier alpha value is -2.71. The second-order valence-corrected chi connectivity index (χ2v) is 5.73. The molecule has 130 valence electrons. The number of nitrogens with zero attached hydrogens (tertiary/aromatic N) is 2. The van der Waals surface area contributed by atoms with Gasteiger partial charge in [-0.1, -0.05) is 23.7 Å². The van der Waals surface area contributed by atoms with E-state index in [1.165, 1.54) is 12.1 Å². The molecule has 9 heteroatoms. The number of methoxy groups -OCH3 is 1. The third kappa shape index (κ3) is 5.13. The smallest absolute Gasteiger partial charge is 0.288 e. The molecule has 0 aliphatic rings. The maximum absolute atomic E-state index is 10.9. The maximum atomic E-state index is 10.9. The van der Waals surface area contributed by atoms with E-state index in [1.807, 2.05) is 18.2 Å². The van der Waals surface area contributed by atoms with Crippen LogP contribution in [0, 0.1) is 10.1 Å². The summed E-state index contributed by atoms with van der Waals surface area (Å²) in [7, 11) is 1.58. The van der Waals surface area contributed by atoms with E-state index in [-0.39, 0.29) is 15.8 Å². The van der Waals surface area contributed by atoms with Gasteiger partial charge in [-0.05, 0) is 37.3 Å². The minimum Gasteiger partial charge on any atom is -0.497 e. The molecule has 0 aliphatic heterocycles. The summed E-state index contributed by atoms with van der Waals surface area (Å²) >= 11 is 11.0. The van der Waals surface area contributed by atoms with Gasteiger partial charge >= 0.3 is 0 Å². The van der Waals surface area contributed by atoms with Crippen molar-refractivity contribution in [1.82, 2.24) is 5.43 Å². The van der Waals surface area contributed by atoms with Crippen molar-refractivity contribution in [2.24, 2.45) is 5.10 Å². The fraction of sp³-hybridized carbons (Fsp3) is 0.125. The summed E-state index contributed by atoms with van der Waals surface area (Å²) < 4.78 is 5.14. The van der Waals surface area contributed by atoms with Crippen LogP contribution in [0.25, 0.3) is 0 Å². The number of halogens is 1. The molecule has 0 aromatic heterocycles. The van der Waals surface area contributed by atoms with Crippen LogP contribution in [0.2, 0.25) is 5.02 Å². The van der Waals surface area contributed by atoms with Gasteiger partial charge in [0.1, 0.15) is 10.8 Å². The van der Waals surface area contributed by atoms with Gasteiger partial charge in [0, 0.05) is 23.4 Å². The second-order valence-electron chi connectivity index (χ2n) is 4.92. The summed E-state index contributed by atoms with van der Waals surface area (Å²) in [5.74, 6) is 0.695. The molecule has 25 heavy (non-hydrogen) atoms. The maximum Gasteiger partial charge on any atom is 0.288 e. The minimum atomic E-state index is -0.540. The number of hydrogen-bond donors (Lipinski definition) is 2. The van der Waals surface area contributed by atoms with Crippen LogP contribution in [-0.4, -0.2) is 22.9 Å². The van der Waals surface area contributed by atoms with Crippen molar-refractivity contribution in [3.8, 4) is 5.75 Å². The zero-order chi connectivity index (χ0) is 18.4. The van der Waals surface area contributed by atoms with Gasteiger partial charge in [-0.15, -0.1) is 0 Å². The van der Waals surface area contributed by atoms with Crippen molar-refractivity contribution in [1.29, 1.82) is 0 Å². The number of rotatable bonds is 5. The molecule has 0 atom stereocenters. The van der Waals surface area contributed by atoms with Gasteiger partial charge in [-0.25, -0.2) is 0 Å². The molecule has 0 aliphatic carbocycles. The molecule has 2 aromatic rings. The Morgan fingerprint density at radius 3 is 2.76 bits per heavy atom. The first-order valence-electron chi connectivity index (χ1n) is 7.10. The Morgan fingerprint density at radius 1 is 1.32 bits per heavy atom. The number of nitro groups is 1. The summed E-state index contributed by atoms with van der Waals surface area (Å²) in [6.45, 7) is 1.70. The lowest BCUT2D eigenvalue weighted by Crippen LogP contribution is -2.25. The van der Waals surface area contributed by atoms with E-state index in [2.05, 4.69) is 15.8 Å². The van der Waals surface area contributed by atoms with Crippen LogP contribution in [0.15, 0.2) is 47.6 Å². The summed E-state index contributed by atoms with van der Waals surface area (Å²) in [5.41, 5.74) is 4.35. The summed E-state index contributed by atoms with van der Waals surface area (Å²) in [5, 5.41) is 18.4. The van der Waals surface area contributed by atoms with Gasteiger partial charge in [-0.2, -0.15) is 5.10 Å². The van der Waals surface area contributed by atoms with E-state index in [0.29, 0.717) is 17.0 Å². The summed E-state index contributed by atoms with van der Waals surface area (Å²) in [4.78, 5) is 10.4. The fourth-order valence-electron chi connectivity index (χ4n) is 1.94. The fourth-order valence-corrected chi connectivity index (χ4v) is 2.29. The van der Waals surface area contributed by atoms with E-state index in [1.54, 1.807) is 26.2 Å². The molecule has 7 nitrogen and oxygen atoms in total. The van der Waals surface area contributed by atoms with Gasteiger partial charge < -0.3 is 10.1 Å².